The molecule has 1 aromatic carbocycles. The van der Waals surface area contributed by atoms with Crippen LogP contribution < -0.4 is 0 Å². The lowest BCUT2D eigenvalue weighted by molar-refractivity contribution is -0.147. The Bertz CT molecular complexity index is 616. The van der Waals surface area contributed by atoms with Gasteiger partial charge in [-0.15, -0.1) is 0 Å². The number of ether oxygens (including phenoxy) is 2. The fraction of sp³-hybridized carbons (Fsp3) is 0.474. The minimum atomic E-state index is -0.675. The van der Waals surface area contributed by atoms with Crippen molar-refractivity contribution in [2.75, 3.05) is 13.2 Å². The van der Waals surface area contributed by atoms with Gasteiger partial charge in [-0.3, -0.25) is 4.79 Å². The van der Waals surface area contributed by atoms with Gasteiger partial charge in [-0.1, -0.05) is 31.5 Å². The first-order valence-electron chi connectivity index (χ1n) is 8.31. The van der Waals surface area contributed by atoms with Gasteiger partial charge in [-0.25, -0.2) is 4.79 Å². The lowest BCUT2D eigenvalue weighted by Gasteiger charge is -2.15. The van der Waals surface area contributed by atoms with Crippen molar-refractivity contribution in [2.24, 2.45) is 0 Å². The van der Waals surface area contributed by atoms with E-state index in [4.69, 9.17) is 9.47 Å². The topological polar surface area (TPSA) is 52.6 Å². The van der Waals surface area contributed by atoms with Gasteiger partial charge < -0.3 is 9.47 Å². The Morgan fingerprint density at radius 2 is 1.83 bits per heavy atom. The highest BCUT2D eigenvalue weighted by atomic mass is 16.5. The summed E-state index contributed by atoms with van der Waals surface area (Å²) in [6.45, 7) is 6.23. The van der Waals surface area contributed by atoms with Crippen molar-refractivity contribution < 1.29 is 19.1 Å². The van der Waals surface area contributed by atoms with Gasteiger partial charge in [0.05, 0.1) is 18.8 Å². The van der Waals surface area contributed by atoms with Gasteiger partial charge in [0, 0.05) is 0 Å². The summed E-state index contributed by atoms with van der Waals surface area (Å²) in [6, 6.07) is 5.90. The lowest BCUT2D eigenvalue weighted by Crippen LogP contribution is -2.21. The standard InChI is InChI=1S/C19H24O4/c1-4-7-9-13-10-8-11-14-15(13)12-16(18(20)22-5-2)17(14)19(21)23-6-3/h8,10-12,17H,4-7,9H2,1-3H3. The number of carbonyl (C=O) groups excluding carboxylic acids is 2. The molecule has 0 saturated carbocycles. The van der Waals surface area contributed by atoms with Gasteiger partial charge in [-0.2, -0.15) is 0 Å². The van der Waals surface area contributed by atoms with Crippen molar-refractivity contribution in [3.8, 4) is 0 Å². The predicted molar refractivity (Wildman–Crippen MR) is 89.0 cm³/mol. The SMILES string of the molecule is CCCCc1cccc2c1C=C(C(=O)OCC)C2C(=O)OCC. The Hall–Kier alpha value is -2.10. The number of rotatable bonds is 7. The summed E-state index contributed by atoms with van der Waals surface area (Å²) < 4.78 is 10.3. The van der Waals surface area contributed by atoms with Crippen LogP contribution in [0.3, 0.4) is 0 Å². The Labute approximate surface area is 137 Å². The molecule has 0 amide bonds. The first-order chi connectivity index (χ1) is 11.1. The summed E-state index contributed by atoms with van der Waals surface area (Å²) >= 11 is 0. The number of benzene rings is 1. The van der Waals surface area contributed by atoms with E-state index in [0.717, 1.165) is 36.0 Å². The third kappa shape index (κ3) is 3.63. The highest BCUT2D eigenvalue weighted by Gasteiger charge is 2.37. The first-order valence-corrected chi connectivity index (χ1v) is 8.31. The van der Waals surface area contributed by atoms with E-state index in [0.29, 0.717) is 5.57 Å². The van der Waals surface area contributed by atoms with E-state index in [9.17, 15) is 9.59 Å². The fourth-order valence-corrected chi connectivity index (χ4v) is 2.92. The maximum absolute atomic E-state index is 12.4. The molecule has 0 aliphatic heterocycles. The van der Waals surface area contributed by atoms with E-state index in [2.05, 4.69) is 13.0 Å². The van der Waals surface area contributed by atoms with Crippen molar-refractivity contribution >= 4 is 18.0 Å². The zero-order valence-electron chi connectivity index (χ0n) is 14.1. The number of unbranched alkanes of at least 4 members (excludes halogenated alkanes) is 1. The second kappa shape index (κ2) is 7.95. The average Bonchev–Trinajstić information content (AvgIpc) is 2.93. The number of hydrogen-bond donors (Lipinski definition) is 0. The van der Waals surface area contributed by atoms with Crippen molar-refractivity contribution in [1.29, 1.82) is 0 Å². The average molecular weight is 316 g/mol. The van der Waals surface area contributed by atoms with E-state index < -0.39 is 17.9 Å². The number of hydrogen-bond acceptors (Lipinski definition) is 4. The van der Waals surface area contributed by atoms with E-state index in [-0.39, 0.29) is 13.2 Å². The van der Waals surface area contributed by atoms with Crippen LogP contribution in [0, 0.1) is 0 Å². The molecule has 124 valence electrons. The molecule has 0 saturated heterocycles. The van der Waals surface area contributed by atoms with Gasteiger partial charge >= 0.3 is 11.9 Å². The van der Waals surface area contributed by atoms with Crippen LogP contribution in [-0.4, -0.2) is 25.2 Å². The Morgan fingerprint density at radius 3 is 2.48 bits per heavy atom. The third-order valence-corrected chi connectivity index (χ3v) is 3.99. The van der Waals surface area contributed by atoms with Gasteiger partial charge in [-0.05, 0) is 49.5 Å². The molecule has 1 unspecified atom stereocenters. The molecule has 0 aromatic heterocycles. The summed E-state index contributed by atoms with van der Waals surface area (Å²) in [4.78, 5) is 24.6. The molecule has 1 aliphatic carbocycles. The molecule has 0 fully saturated rings. The van der Waals surface area contributed by atoms with Gasteiger partial charge in [0.2, 0.25) is 0 Å². The van der Waals surface area contributed by atoms with E-state index in [1.165, 1.54) is 0 Å². The molecule has 23 heavy (non-hydrogen) atoms. The highest BCUT2D eigenvalue weighted by Crippen LogP contribution is 2.39. The van der Waals surface area contributed by atoms with Crippen LogP contribution in [0.5, 0.6) is 0 Å². The normalized spacial score (nSPS) is 15.8. The monoisotopic (exact) mass is 316 g/mol. The third-order valence-electron chi connectivity index (χ3n) is 3.99. The van der Waals surface area contributed by atoms with E-state index >= 15 is 0 Å². The Balaban J connectivity index is 2.43. The van der Waals surface area contributed by atoms with E-state index in [1.807, 2.05) is 12.1 Å². The van der Waals surface area contributed by atoms with Crippen LogP contribution in [0.1, 0.15) is 56.2 Å². The minimum absolute atomic E-state index is 0.282. The van der Waals surface area contributed by atoms with Crippen LogP contribution in [0.15, 0.2) is 23.8 Å². The molecule has 0 spiro atoms. The second-order valence-corrected chi connectivity index (χ2v) is 5.53. The molecule has 0 heterocycles. The van der Waals surface area contributed by atoms with Crippen molar-refractivity contribution in [1.82, 2.24) is 0 Å². The molecule has 4 nitrogen and oxygen atoms in total. The zero-order valence-corrected chi connectivity index (χ0v) is 14.1. The molecule has 4 heteroatoms. The zero-order chi connectivity index (χ0) is 16.8. The number of fused-ring (bicyclic) bond motifs is 1. The van der Waals surface area contributed by atoms with Crippen LogP contribution in [0.2, 0.25) is 0 Å². The van der Waals surface area contributed by atoms with Gasteiger partial charge in [0.1, 0.15) is 5.92 Å². The van der Waals surface area contributed by atoms with Gasteiger partial charge in [0.15, 0.2) is 0 Å². The highest BCUT2D eigenvalue weighted by molar-refractivity contribution is 6.06. The molecule has 1 aliphatic rings. The number of carbonyl (C=O) groups is 2. The van der Waals surface area contributed by atoms with Crippen LogP contribution in [0.4, 0.5) is 0 Å². The molecule has 1 atom stereocenters. The summed E-state index contributed by atoms with van der Waals surface area (Å²) in [7, 11) is 0. The summed E-state index contributed by atoms with van der Waals surface area (Å²) in [5, 5.41) is 0. The molecule has 0 radical (unpaired) electrons. The first kappa shape index (κ1) is 17.3. The predicted octanol–water partition coefficient (Wildman–Crippen LogP) is 3.64. The van der Waals surface area contributed by atoms with Crippen LogP contribution in [-0.2, 0) is 25.5 Å². The summed E-state index contributed by atoms with van der Waals surface area (Å²) in [5.41, 5.74) is 3.37. The van der Waals surface area contributed by atoms with E-state index in [1.54, 1.807) is 19.9 Å². The second-order valence-electron chi connectivity index (χ2n) is 5.53. The summed E-state index contributed by atoms with van der Waals surface area (Å²) in [6.07, 6.45) is 4.91. The molecule has 1 aromatic rings. The Morgan fingerprint density at radius 1 is 1.09 bits per heavy atom. The van der Waals surface area contributed by atoms with Crippen molar-refractivity contribution in [2.45, 2.75) is 46.0 Å². The molecule has 2 rings (SSSR count). The minimum Gasteiger partial charge on any atom is -0.465 e. The molecule has 0 N–H and O–H groups in total. The van der Waals surface area contributed by atoms with Crippen LogP contribution in [0.25, 0.3) is 6.08 Å². The smallest absolute Gasteiger partial charge is 0.335 e. The lowest BCUT2D eigenvalue weighted by atomic mass is 9.93. The fourth-order valence-electron chi connectivity index (χ4n) is 2.92. The van der Waals surface area contributed by atoms with Crippen LogP contribution >= 0.6 is 0 Å². The molecular formula is C19H24O4. The quantitative estimate of drug-likeness (QED) is 0.721. The maximum Gasteiger partial charge on any atom is 0.335 e. The Kier molecular flexibility index (Phi) is 5.97. The number of aryl methyl sites for hydroxylation is 1. The number of esters is 2. The molecular weight excluding hydrogens is 292 g/mol. The van der Waals surface area contributed by atoms with Crippen molar-refractivity contribution in [3.05, 3.63) is 40.5 Å². The maximum atomic E-state index is 12.4. The van der Waals surface area contributed by atoms with Crippen molar-refractivity contribution in [3.63, 3.8) is 0 Å². The molecule has 0 bridgehead atoms. The van der Waals surface area contributed by atoms with Gasteiger partial charge in [0.25, 0.3) is 0 Å². The summed E-state index contributed by atoms with van der Waals surface area (Å²) in [5.74, 6) is -1.51. The largest absolute Gasteiger partial charge is 0.465 e.